The van der Waals surface area contributed by atoms with Gasteiger partial charge in [-0.1, -0.05) is 18.2 Å². The smallest absolute Gasteiger partial charge is 0.302 e. The van der Waals surface area contributed by atoms with Crippen LogP contribution in [0.2, 0.25) is 0 Å². The SMILES string of the molecule is Cn1nc(-c2ccc(NSC(F)F)c(OCc3ccc(F)cc3)c2)c2c(N)ncc(-c3cnn(C4CCOCC4)c3)c21. The molecular weight excluding hydrogens is 567 g/mol. The molecule has 218 valence electrons. The molecule has 42 heavy (non-hydrogen) atoms. The van der Waals surface area contributed by atoms with Gasteiger partial charge in [0.25, 0.3) is 0 Å². The Kier molecular flexibility index (Phi) is 7.94. The highest BCUT2D eigenvalue weighted by Gasteiger charge is 2.22. The van der Waals surface area contributed by atoms with Gasteiger partial charge in [0, 0.05) is 61.3 Å². The molecule has 0 bridgehead atoms. The van der Waals surface area contributed by atoms with Crippen LogP contribution in [-0.2, 0) is 18.4 Å². The van der Waals surface area contributed by atoms with E-state index < -0.39 is 5.76 Å². The van der Waals surface area contributed by atoms with Crippen molar-refractivity contribution in [3.8, 4) is 28.1 Å². The third-order valence-electron chi connectivity index (χ3n) is 7.19. The van der Waals surface area contributed by atoms with Gasteiger partial charge in [-0.25, -0.2) is 9.37 Å². The van der Waals surface area contributed by atoms with E-state index in [1.165, 1.54) is 12.1 Å². The van der Waals surface area contributed by atoms with E-state index in [2.05, 4.69) is 14.8 Å². The van der Waals surface area contributed by atoms with Crippen molar-refractivity contribution >= 4 is 34.4 Å². The molecule has 13 heteroatoms. The van der Waals surface area contributed by atoms with Crippen LogP contribution in [0.15, 0.2) is 61.1 Å². The number of aromatic nitrogens is 5. The normalized spacial score (nSPS) is 14.1. The molecule has 1 fully saturated rings. The zero-order chi connectivity index (χ0) is 29.2. The summed E-state index contributed by atoms with van der Waals surface area (Å²) in [6.07, 6.45) is 7.35. The lowest BCUT2D eigenvalue weighted by Gasteiger charge is -2.22. The Bertz CT molecular complexity index is 1700. The Balaban J connectivity index is 1.37. The van der Waals surface area contributed by atoms with Crippen molar-refractivity contribution in [1.82, 2.24) is 24.5 Å². The molecule has 1 aliphatic heterocycles. The number of nitrogens with one attached hydrogen (secondary N) is 1. The van der Waals surface area contributed by atoms with E-state index in [1.54, 1.807) is 41.2 Å². The summed E-state index contributed by atoms with van der Waals surface area (Å²) in [5.41, 5.74) is 11.2. The van der Waals surface area contributed by atoms with Crippen molar-refractivity contribution in [1.29, 1.82) is 0 Å². The Labute approximate surface area is 244 Å². The van der Waals surface area contributed by atoms with Gasteiger partial charge < -0.3 is 19.9 Å². The summed E-state index contributed by atoms with van der Waals surface area (Å²) in [4.78, 5) is 4.48. The number of alkyl halides is 2. The van der Waals surface area contributed by atoms with E-state index in [0.717, 1.165) is 35.0 Å². The molecule has 0 aliphatic carbocycles. The van der Waals surface area contributed by atoms with Crippen LogP contribution >= 0.6 is 11.9 Å². The molecule has 0 atom stereocenters. The van der Waals surface area contributed by atoms with Crippen LogP contribution in [0.3, 0.4) is 0 Å². The van der Waals surface area contributed by atoms with Gasteiger partial charge in [-0.2, -0.15) is 19.0 Å². The zero-order valence-corrected chi connectivity index (χ0v) is 23.5. The first-order valence-corrected chi connectivity index (χ1v) is 14.2. The largest absolute Gasteiger partial charge is 0.487 e. The topological polar surface area (TPSA) is 105 Å². The average Bonchev–Trinajstić information content (AvgIpc) is 3.63. The summed E-state index contributed by atoms with van der Waals surface area (Å²) in [6.45, 7) is 1.53. The van der Waals surface area contributed by atoms with Crippen molar-refractivity contribution in [2.24, 2.45) is 7.05 Å². The minimum Gasteiger partial charge on any atom is -0.487 e. The highest BCUT2D eigenvalue weighted by Crippen LogP contribution is 2.40. The number of anilines is 2. The molecule has 1 saturated heterocycles. The lowest BCUT2D eigenvalue weighted by Crippen LogP contribution is -2.19. The number of pyridine rings is 1. The number of fused-ring (bicyclic) bond motifs is 1. The highest BCUT2D eigenvalue weighted by molar-refractivity contribution is 8.00. The molecule has 0 radical (unpaired) electrons. The first-order chi connectivity index (χ1) is 20.4. The standard InChI is InChI=1S/C29H28F3N7O2S/c1-38-27-22(19-13-35-39(15-19)21-8-10-40-11-9-21)14-34-28(33)25(27)26(36-38)18-4-7-23(37-42-29(31)32)24(12-18)41-16-17-2-5-20(30)6-3-17/h2-7,12-15,21,29,37H,8-11,16H2,1H3,(H2,33,34). The van der Waals surface area contributed by atoms with Crippen molar-refractivity contribution in [2.75, 3.05) is 23.7 Å². The third kappa shape index (κ3) is 5.74. The third-order valence-corrected chi connectivity index (χ3v) is 7.71. The van der Waals surface area contributed by atoms with Gasteiger partial charge in [-0.05, 0) is 42.7 Å². The van der Waals surface area contributed by atoms with Crippen LogP contribution in [0.5, 0.6) is 5.75 Å². The van der Waals surface area contributed by atoms with Gasteiger partial charge in [-0.15, -0.1) is 0 Å². The molecule has 2 aromatic carbocycles. The quantitative estimate of drug-likeness (QED) is 0.188. The average molecular weight is 596 g/mol. The second kappa shape index (κ2) is 11.9. The molecule has 0 unspecified atom stereocenters. The number of rotatable bonds is 9. The summed E-state index contributed by atoms with van der Waals surface area (Å²) in [5, 5.41) is 10.1. The fourth-order valence-corrected chi connectivity index (χ4v) is 5.48. The molecule has 5 aromatic rings. The van der Waals surface area contributed by atoms with E-state index >= 15 is 0 Å². The maximum absolute atomic E-state index is 13.4. The van der Waals surface area contributed by atoms with Gasteiger partial charge in [-0.3, -0.25) is 9.36 Å². The van der Waals surface area contributed by atoms with Crippen molar-refractivity contribution < 1.29 is 22.6 Å². The van der Waals surface area contributed by atoms with E-state index in [-0.39, 0.29) is 30.4 Å². The minimum absolute atomic E-state index is 0.103. The molecule has 0 saturated carbocycles. The number of halogens is 3. The summed E-state index contributed by atoms with van der Waals surface area (Å²) in [6, 6.07) is 11.3. The van der Waals surface area contributed by atoms with Crippen LogP contribution in [0.25, 0.3) is 33.3 Å². The predicted octanol–water partition coefficient (Wildman–Crippen LogP) is 6.43. The van der Waals surface area contributed by atoms with Crippen LogP contribution in [0.1, 0.15) is 24.4 Å². The van der Waals surface area contributed by atoms with Gasteiger partial charge in [0.2, 0.25) is 0 Å². The molecule has 3 aromatic heterocycles. The van der Waals surface area contributed by atoms with Gasteiger partial charge in [0.05, 0.1) is 28.8 Å². The van der Waals surface area contributed by atoms with Crippen LogP contribution < -0.4 is 15.2 Å². The number of benzene rings is 2. The molecule has 0 spiro atoms. The number of nitrogens with two attached hydrogens (primary N) is 1. The van der Waals surface area contributed by atoms with E-state index in [4.69, 9.17) is 20.3 Å². The molecule has 9 nitrogen and oxygen atoms in total. The fraction of sp³-hybridized carbons (Fsp3) is 0.276. The number of nitrogens with zero attached hydrogens (tertiary/aromatic N) is 5. The number of hydrogen-bond acceptors (Lipinski definition) is 8. The van der Waals surface area contributed by atoms with Crippen LogP contribution in [0, 0.1) is 5.82 Å². The Morgan fingerprint density at radius 2 is 1.90 bits per heavy atom. The highest BCUT2D eigenvalue weighted by atomic mass is 32.2. The number of aryl methyl sites for hydroxylation is 1. The van der Waals surface area contributed by atoms with Crippen molar-refractivity contribution in [3.63, 3.8) is 0 Å². The second-order valence-electron chi connectivity index (χ2n) is 9.91. The summed E-state index contributed by atoms with van der Waals surface area (Å²) in [5.74, 6) is -2.36. The molecule has 1 aliphatic rings. The number of hydrogen-bond donors (Lipinski definition) is 2. The Hall–Kier alpha value is -4.23. The molecule has 4 heterocycles. The van der Waals surface area contributed by atoms with Gasteiger partial charge >= 0.3 is 5.76 Å². The fourth-order valence-electron chi connectivity index (χ4n) is 5.10. The Morgan fingerprint density at radius 1 is 1.12 bits per heavy atom. The number of nitrogen functional groups attached to an aromatic ring is 1. The Morgan fingerprint density at radius 3 is 2.67 bits per heavy atom. The first kappa shape index (κ1) is 27.9. The van der Waals surface area contributed by atoms with E-state index in [0.29, 0.717) is 47.1 Å². The van der Waals surface area contributed by atoms with Crippen molar-refractivity contribution in [2.45, 2.75) is 31.2 Å². The van der Waals surface area contributed by atoms with Crippen LogP contribution in [-0.4, -0.2) is 43.5 Å². The maximum Gasteiger partial charge on any atom is 0.302 e. The second-order valence-corrected chi connectivity index (χ2v) is 10.7. The summed E-state index contributed by atoms with van der Waals surface area (Å²) in [7, 11) is 1.83. The van der Waals surface area contributed by atoms with Gasteiger partial charge in [0.15, 0.2) is 0 Å². The lowest BCUT2D eigenvalue weighted by molar-refractivity contribution is 0.0662. The lowest BCUT2D eigenvalue weighted by atomic mass is 10.0. The maximum atomic E-state index is 13.4. The molecule has 3 N–H and O–H groups in total. The zero-order valence-electron chi connectivity index (χ0n) is 22.6. The van der Waals surface area contributed by atoms with Gasteiger partial charge in [0.1, 0.15) is 29.7 Å². The minimum atomic E-state index is -2.63. The molecule has 0 amide bonds. The predicted molar refractivity (Wildman–Crippen MR) is 157 cm³/mol. The first-order valence-electron chi connectivity index (χ1n) is 13.3. The summed E-state index contributed by atoms with van der Waals surface area (Å²) < 4.78 is 57.2. The summed E-state index contributed by atoms with van der Waals surface area (Å²) >= 11 is 0.267. The monoisotopic (exact) mass is 595 g/mol. The van der Waals surface area contributed by atoms with E-state index in [9.17, 15) is 13.2 Å². The molecular formula is C29H28F3N7O2S. The molecule has 6 rings (SSSR count). The number of ether oxygens (including phenoxy) is 2. The van der Waals surface area contributed by atoms with E-state index in [1.807, 2.05) is 24.1 Å². The van der Waals surface area contributed by atoms with Crippen LogP contribution in [0.4, 0.5) is 24.7 Å². The van der Waals surface area contributed by atoms with Crippen molar-refractivity contribution in [3.05, 3.63) is 72.4 Å².